The van der Waals surface area contributed by atoms with Gasteiger partial charge >= 0.3 is 5.97 Å². The summed E-state index contributed by atoms with van der Waals surface area (Å²) in [6.07, 6.45) is 0.299. The zero-order valence-corrected chi connectivity index (χ0v) is 13.5. The molecule has 3 rings (SSSR count). The predicted molar refractivity (Wildman–Crippen MR) is 94.6 cm³/mol. The van der Waals surface area contributed by atoms with Gasteiger partial charge < -0.3 is 9.84 Å². The molecular weight excluding hydrogens is 326 g/mol. The summed E-state index contributed by atoms with van der Waals surface area (Å²) < 4.78 is 5.97. The molecule has 4 nitrogen and oxygen atoms in total. The summed E-state index contributed by atoms with van der Waals surface area (Å²) in [5.41, 5.74) is 0.862. The number of nitrogens with one attached hydrogen (secondary N) is 1. The van der Waals surface area contributed by atoms with Crippen LogP contribution < -0.4 is 9.57 Å². The molecule has 0 saturated carbocycles. The first-order chi connectivity index (χ1) is 11.7. The molecule has 0 heterocycles. The van der Waals surface area contributed by atoms with Gasteiger partial charge in [0.1, 0.15) is 17.5 Å². The number of aliphatic carboxylic acids is 1. The lowest BCUT2D eigenvalue weighted by atomic mass is 10.1. The van der Waals surface area contributed by atoms with Crippen molar-refractivity contribution in [1.29, 1.82) is 0 Å². The van der Waals surface area contributed by atoms with Gasteiger partial charge in [-0.2, -0.15) is 0 Å². The molecule has 0 aliphatic heterocycles. The van der Waals surface area contributed by atoms with Crippen LogP contribution in [-0.4, -0.2) is 17.1 Å². The van der Waals surface area contributed by atoms with Crippen LogP contribution in [0.2, 0.25) is 0 Å². The van der Waals surface area contributed by atoms with E-state index in [-0.39, 0.29) is 0 Å². The van der Waals surface area contributed by atoms with Crippen molar-refractivity contribution < 1.29 is 14.6 Å². The number of hydrogen-bond donors (Lipinski definition) is 2. The topological polar surface area (TPSA) is 58.6 Å². The fraction of sp³-hybridized carbons (Fsp3) is 0.105. The van der Waals surface area contributed by atoms with Crippen LogP contribution >= 0.6 is 11.8 Å². The third-order valence-electron chi connectivity index (χ3n) is 3.77. The van der Waals surface area contributed by atoms with Crippen molar-refractivity contribution in [3.8, 4) is 11.5 Å². The lowest BCUT2D eigenvalue weighted by Crippen LogP contribution is -2.32. The number of carbonyl (C=O) groups is 1. The molecular formula is C19H16ClNO3. The minimum Gasteiger partial charge on any atom is -0.480 e. The molecule has 0 aromatic heterocycles. The first kappa shape index (κ1) is 16.3. The van der Waals surface area contributed by atoms with Crippen LogP contribution in [0.25, 0.3) is 10.8 Å². The van der Waals surface area contributed by atoms with Crippen LogP contribution in [0.5, 0.6) is 11.5 Å². The molecule has 1 atom stereocenters. The van der Waals surface area contributed by atoms with E-state index < -0.39 is 12.0 Å². The Morgan fingerprint density at radius 1 is 1.04 bits per heavy atom. The van der Waals surface area contributed by atoms with E-state index in [0.29, 0.717) is 12.2 Å². The van der Waals surface area contributed by atoms with Gasteiger partial charge in [0, 0.05) is 5.39 Å². The van der Waals surface area contributed by atoms with Crippen LogP contribution in [-0.2, 0) is 11.2 Å². The quantitative estimate of drug-likeness (QED) is 0.653. The van der Waals surface area contributed by atoms with Gasteiger partial charge in [0.2, 0.25) is 0 Å². The summed E-state index contributed by atoms with van der Waals surface area (Å²) in [5, 5.41) is 11.2. The smallest absolute Gasteiger partial charge is 0.322 e. The number of rotatable bonds is 6. The van der Waals surface area contributed by atoms with E-state index in [4.69, 9.17) is 21.6 Å². The molecule has 0 aliphatic rings. The fourth-order valence-electron chi connectivity index (χ4n) is 2.51. The molecule has 0 bridgehead atoms. The van der Waals surface area contributed by atoms with Crippen molar-refractivity contribution >= 4 is 28.5 Å². The summed E-state index contributed by atoms with van der Waals surface area (Å²) in [6.45, 7) is 0. The van der Waals surface area contributed by atoms with E-state index in [1.807, 2.05) is 66.7 Å². The summed E-state index contributed by atoms with van der Waals surface area (Å²) in [5.74, 6) is 0.494. The Morgan fingerprint density at radius 2 is 1.75 bits per heavy atom. The van der Waals surface area contributed by atoms with E-state index >= 15 is 0 Å². The van der Waals surface area contributed by atoms with Gasteiger partial charge in [-0.25, -0.2) is 4.84 Å². The maximum atomic E-state index is 11.0. The average molecular weight is 342 g/mol. The largest absolute Gasteiger partial charge is 0.480 e. The summed E-state index contributed by atoms with van der Waals surface area (Å²) in [4.78, 5) is 13.3. The molecule has 0 aliphatic carbocycles. The molecule has 122 valence electrons. The zero-order valence-electron chi connectivity index (χ0n) is 12.8. The maximum Gasteiger partial charge on any atom is 0.322 e. The molecule has 0 saturated heterocycles. The lowest BCUT2D eigenvalue weighted by molar-refractivity contribution is -0.138. The first-order valence-electron chi connectivity index (χ1n) is 7.51. The van der Waals surface area contributed by atoms with Gasteiger partial charge in [-0.1, -0.05) is 48.5 Å². The standard InChI is InChI=1S/C19H16ClNO3/c20-21-17(19(22)23)12-13-8-10-15(11-9-13)24-18-7-3-5-14-4-1-2-6-16(14)18/h1-11,17,21H,12H2,(H,22,23). The van der Waals surface area contributed by atoms with Crippen molar-refractivity contribution in [3.63, 3.8) is 0 Å². The summed E-state index contributed by atoms with van der Waals surface area (Å²) >= 11 is 5.45. The summed E-state index contributed by atoms with van der Waals surface area (Å²) in [6, 6.07) is 20.4. The minimum atomic E-state index is -0.985. The number of carboxylic acids is 1. The third-order valence-corrected chi connectivity index (χ3v) is 4.03. The Bertz CT molecular complexity index is 843. The number of carboxylic acid groups (broad SMARTS) is 1. The van der Waals surface area contributed by atoms with Crippen molar-refractivity contribution in [2.24, 2.45) is 0 Å². The van der Waals surface area contributed by atoms with E-state index in [1.54, 1.807) is 0 Å². The van der Waals surface area contributed by atoms with Crippen molar-refractivity contribution in [2.45, 2.75) is 12.5 Å². The SMILES string of the molecule is O=C(O)C(Cc1ccc(Oc2cccc3ccccc23)cc1)NCl. The predicted octanol–water partition coefficient (Wildman–Crippen LogP) is 4.37. The number of fused-ring (bicyclic) bond motifs is 1. The molecule has 2 N–H and O–H groups in total. The van der Waals surface area contributed by atoms with Crippen molar-refractivity contribution in [1.82, 2.24) is 4.84 Å². The lowest BCUT2D eigenvalue weighted by Gasteiger charge is -2.11. The Balaban J connectivity index is 1.77. The zero-order chi connectivity index (χ0) is 16.9. The molecule has 1 unspecified atom stereocenters. The molecule has 3 aromatic rings. The second-order valence-electron chi connectivity index (χ2n) is 5.43. The second kappa shape index (κ2) is 7.34. The van der Waals surface area contributed by atoms with Crippen LogP contribution in [0.4, 0.5) is 0 Å². The van der Waals surface area contributed by atoms with Gasteiger partial charge in [0.25, 0.3) is 0 Å². The van der Waals surface area contributed by atoms with E-state index in [2.05, 4.69) is 4.84 Å². The van der Waals surface area contributed by atoms with Gasteiger partial charge in [0.15, 0.2) is 0 Å². The summed E-state index contributed by atoms with van der Waals surface area (Å²) in [7, 11) is 0. The molecule has 5 heteroatoms. The number of halogens is 1. The molecule has 24 heavy (non-hydrogen) atoms. The Hall–Kier alpha value is -2.56. The normalized spacial score (nSPS) is 12.0. The molecule has 0 spiro atoms. The molecule has 0 fully saturated rings. The Labute approximate surface area is 144 Å². The highest BCUT2D eigenvalue weighted by Crippen LogP contribution is 2.29. The van der Waals surface area contributed by atoms with Crippen LogP contribution in [0.3, 0.4) is 0 Å². The van der Waals surface area contributed by atoms with Crippen molar-refractivity contribution in [2.75, 3.05) is 0 Å². The third kappa shape index (κ3) is 3.67. The van der Waals surface area contributed by atoms with Crippen LogP contribution in [0.15, 0.2) is 66.7 Å². The first-order valence-corrected chi connectivity index (χ1v) is 7.88. The number of hydrogen-bond acceptors (Lipinski definition) is 3. The Kier molecular flexibility index (Phi) is 4.99. The minimum absolute atomic E-state index is 0.299. The van der Waals surface area contributed by atoms with Gasteiger partial charge in [-0.15, -0.1) is 0 Å². The highest BCUT2D eigenvalue weighted by Gasteiger charge is 2.16. The van der Waals surface area contributed by atoms with E-state index in [9.17, 15) is 4.79 Å². The molecule has 0 amide bonds. The van der Waals surface area contributed by atoms with Crippen LogP contribution in [0.1, 0.15) is 5.56 Å². The number of benzene rings is 3. The average Bonchev–Trinajstić information content (AvgIpc) is 2.61. The van der Waals surface area contributed by atoms with Crippen molar-refractivity contribution in [3.05, 3.63) is 72.3 Å². The molecule has 0 radical (unpaired) electrons. The fourth-order valence-corrected chi connectivity index (χ4v) is 2.68. The highest BCUT2D eigenvalue weighted by atomic mass is 35.5. The Morgan fingerprint density at radius 3 is 2.46 bits per heavy atom. The highest BCUT2D eigenvalue weighted by molar-refractivity contribution is 6.14. The van der Waals surface area contributed by atoms with Gasteiger partial charge in [-0.3, -0.25) is 4.79 Å². The maximum absolute atomic E-state index is 11.0. The van der Waals surface area contributed by atoms with Gasteiger partial charge in [0.05, 0.1) is 0 Å². The van der Waals surface area contributed by atoms with Gasteiger partial charge in [-0.05, 0) is 47.3 Å². The van der Waals surface area contributed by atoms with E-state index in [0.717, 1.165) is 22.1 Å². The number of ether oxygens (including phenoxy) is 1. The monoisotopic (exact) mass is 341 g/mol. The van der Waals surface area contributed by atoms with Crippen LogP contribution in [0, 0.1) is 0 Å². The van der Waals surface area contributed by atoms with E-state index in [1.165, 1.54) is 0 Å². The second-order valence-corrected chi connectivity index (χ2v) is 5.65. The molecule has 3 aromatic carbocycles.